The van der Waals surface area contributed by atoms with Crippen LogP contribution in [0.1, 0.15) is 26.7 Å². The van der Waals surface area contributed by atoms with E-state index in [0.29, 0.717) is 11.9 Å². The minimum Gasteiger partial charge on any atom is -0.357 e. The summed E-state index contributed by atoms with van der Waals surface area (Å²) in [7, 11) is 4.00. The molecule has 1 saturated carbocycles. The smallest absolute Gasteiger partial charge is 0.231 e. The van der Waals surface area contributed by atoms with Gasteiger partial charge in [-0.2, -0.15) is 15.0 Å². The topological polar surface area (TPSA) is 69.2 Å². The molecule has 1 aliphatic carbocycles. The van der Waals surface area contributed by atoms with E-state index in [0.717, 1.165) is 38.2 Å². The Morgan fingerprint density at radius 3 is 2.33 bits per heavy atom. The fourth-order valence-electron chi connectivity index (χ4n) is 2.25. The van der Waals surface area contributed by atoms with E-state index in [1.165, 1.54) is 12.8 Å². The number of hydrogen-bond donors (Lipinski definition) is 2. The second kappa shape index (κ2) is 7.40. The van der Waals surface area contributed by atoms with Gasteiger partial charge in [0, 0.05) is 39.3 Å². The Hall–Kier alpha value is -1.63. The van der Waals surface area contributed by atoms with Crippen LogP contribution < -0.4 is 15.5 Å². The lowest BCUT2D eigenvalue weighted by Crippen LogP contribution is -2.28. The van der Waals surface area contributed by atoms with Crippen LogP contribution in [0.5, 0.6) is 0 Å². The van der Waals surface area contributed by atoms with Gasteiger partial charge >= 0.3 is 0 Å². The van der Waals surface area contributed by atoms with Crippen LogP contribution in [0.3, 0.4) is 0 Å². The van der Waals surface area contributed by atoms with Crippen LogP contribution in [0, 0.1) is 0 Å². The summed E-state index contributed by atoms with van der Waals surface area (Å²) in [5, 5.41) is 6.30. The summed E-state index contributed by atoms with van der Waals surface area (Å²) in [6, 6.07) is 0.782. The Kier molecular flexibility index (Phi) is 5.55. The lowest BCUT2D eigenvalue weighted by molar-refractivity contribution is 0.337. The molecule has 2 N–H and O–H groups in total. The van der Waals surface area contributed by atoms with E-state index < -0.39 is 0 Å². The molecule has 0 saturated heterocycles. The lowest BCUT2D eigenvalue weighted by atomic mass is 10.5. The SMILES string of the molecule is CCN(CC)c1nc(NC)nc(NCCN(C)C2CC2)n1. The zero-order valence-electron chi connectivity index (χ0n) is 13.6. The van der Waals surface area contributed by atoms with Gasteiger partial charge in [-0.1, -0.05) is 0 Å². The van der Waals surface area contributed by atoms with Crippen molar-refractivity contribution in [1.82, 2.24) is 19.9 Å². The van der Waals surface area contributed by atoms with Crippen molar-refractivity contribution < 1.29 is 0 Å². The fraction of sp³-hybridized carbons (Fsp3) is 0.786. The summed E-state index contributed by atoms with van der Waals surface area (Å²) in [6.45, 7) is 7.82. The monoisotopic (exact) mass is 293 g/mol. The van der Waals surface area contributed by atoms with Gasteiger partial charge in [-0.25, -0.2) is 0 Å². The van der Waals surface area contributed by atoms with Crippen LogP contribution in [0.25, 0.3) is 0 Å². The summed E-state index contributed by atoms with van der Waals surface area (Å²) >= 11 is 0. The number of hydrogen-bond acceptors (Lipinski definition) is 7. The molecule has 0 aliphatic heterocycles. The van der Waals surface area contributed by atoms with Gasteiger partial charge in [-0.05, 0) is 33.7 Å². The molecule has 7 heteroatoms. The standard InChI is InChI=1S/C14H27N7/c1-5-21(6-2)14-18-12(15-3)17-13(19-14)16-9-10-20(4)11-7-8-11/h11H,5-10H2,1-4H3,(H2,15,16,17,18,19). The molecule has 1 heterocycles. The van der Waals surface area contributed by atoms with E-state index >= 15 is 0 Å². The number of likely N-dealkylation sites (N-methyl/N-ethyl adjacent to an activating group) is 1. The molecule has 0 aromatic carbocycles. The van der Waals surface area contributed by atoms with Crippen LogP contribution >= 0.6 is 0 Å². The summed E-state index contributed by atoms with van der Waals surface area (Å²) in [5.74, 6) is 1.96. The first-order valence-corrected chi connectivity index (χ1v) is 7.80. The number of anilines is 3. The number of rotatable bonds is 9. The molecule has 2 rings (SSSR count). The highest BCUT2D eigenvalue weighted by Crippen LogP contribution is 2.24. The molecule has 0 amide bonds. The maximum atomic E-state index is 4.51. The quantitative estimate of drug-likeness (QED) is 0.710. The molecule has 0 radical (unpaired) electrons. The molecule has 21 heavy (non-hydrogen) atoms. The highest BCUT2D eigenvalue weighted by molar-refractivity contribution is 5.43. The van der Waals surface area contributed by atoms with Crippen molar-refractivity contribution in [3.8, 4) is 0 Å². The number of nitrogens with one attached hydrogen (secondary N) is 2. The van der Waals surface area contributed by atoms with Gasteiger partial charge in [0.05, 0.1) is 0 Å². The summed E-state index contributed by atoms with van der Waals surface area (Å²) in [6.07, 6.45) is 2.66. The predicted molar refractivity (Wildman–Crippen MR) is 87.1 cm³/mol. The molecule has 1 aliphatic rings. The third-order valence-corrected chi connectivity index (χ3v) is 3.81. The third-order valence-electron chi connectivity index (χ3n) is 3.81. The van der Waals surface area contributed by atoms with Gasteiger partial charge in [-0.15, -0.1) is 0 Å². The normalized spacial score (nSPS) is 14.3. The van der Waals surface area contributed by atoms with Gasteiger partial charge in [0.25, 0.3) is 0 Å². The summed E-state index contributed by atoms with van der Waals surface area (Å²) < 4.78 is 0. The van der Waals surface area contributed by atoms with Crippen molar-refractivity contribution >= 4 is 17.8 Å². The zero-order valence-corrected chi connectivity index (χ0v) is 13.6. The third kappa shape index (κ3) is 4.42. The molecule has 0 bridgehead atoms. The molecule has 0 unspecified atom stereocenters. The Labute approximate surface area is 127 Å². The van der Waals surface area contributed by atoms with Gasteiger partial charge in [0.2, 0.25) is 17.8 Å². The van der Waals surface area contributed by atoms with Crippen LogP contribution in [0.15, 0.2) is 0 Å². The van der Waals surface area contributed by atoms with Gasteiger partial charge in [0.1, 0.15) is 0 Å². The van der Waals surface area contributed by atoms with Crippen molar-refractivity contribution in [1.29, 1.82) is 0 Å². The molecule has 7 nitrogen and oxygen atoms in total. The van der Waals surface area contributed by atoms with Crippen molar-refractivity contribution in [3.05, 3.63) is 0 Å². The second-order valence-corrected chi connectivity index (χ2v) is 5.34. The second-order valence-electron chi connectivity index (χ2n) is 5.34. The lowest BCUT2D eigenvalue weighted by Gasteiger charge is -2.20. The van der Waals surface area contributed by atoms with E-state index in [9.17, 15) is 0 Å². The Balaban J connectivity index is 1.98. The molecule has 1 aromatic heterocycles. The minimum absolute atomic E-state index is 0.602. The molecular formula is C14H27N7. The molecule has 0 atom stereocenters. The predicted octanol–water partition coefficient (Wildman–Crippen LogP) is 1.27. The van der Waals surface area contributed by atoms with Gasteiger partial charge < -0.3 is 20.4 Å². The summed E-state index contributed by atoms with van der Waals surface area (Å²) in [5.41, 5.74) is 0. The maximum Gasteiger partial charge on any atom is 0.231 e. The van der Waals surface area contributed by atoms with E-state index in [-0.39, 0.29) is 0 Å². The van der Waals surface area contributed by atoms with Crippen LogP contribution in [0.2, 0.25) is 0 Å². The molecule has 118 valence electrons. The van der Waals surface area contributed by atoms with Crippen molar-refractivity contribution in [2.45, 2.75) is 32.7 Å². The average Bonchev–Trinajstić information content (AvgIpc) is 3.33. The summed E-state index contributed by atoms with van der Waals surface area (Å²) in [4.78, 5) is 17.8. The molecule has 1 fully saturated rings. The van der Waals surface area contributed by atoms with E-state index in [4.69, 9.17) is 0 Å². The maximum absolute atomic E-state index is 4.51. The van der Waals surface area contributed by atoms with Crippen LogP contribution in [-0.2, 0) is 0 Å². The van der Waals surface area contributed by atoms with E-state index in [1.54, 1.807) is 0 Å². The van der Waals surface area contributed by atoms with Crippen molar-refractivity contribution in [3.63, 3.8) is 0 Å². The van der Waals surface area contributed by atoms with E-state index in [2.05, 4.69) is 56.3 Å². The van der Waals surface area contributed by atoms with Crippen molar-refractivity contribution in [2.75, 3.05) is 55.8 Å². The first-order valence-electron chi connectivity index (χ1n) is 7.80. The number of aromatic nitrogens is 3. The van der Waals surface area contributed by atoms with Gasteiger partial charge in [-0.3, -0.25) is 0 Å². The minimum atomic E-state index is 0.602. The van der Waals surface area contributed by atoms with Crippen LogP contribution in [-0.4, -0.2) is 66.2 Å². The highest BCUT2D eigenvalue weighted by atomic mass is 15.3. The highest BCUT2D eigenvalue weighted by Gasteiger charge is 2.25. The fourth-order valence-corrected chi connectivity index (χ4v) is 2.25. The molecule has 1 aromatic rings. The Morgan fingerprint density at radius 2 is 1.76 bits per heavy atom. The van der Waals surface area contributed by atoms with E-state index in [1.807, 2.05) is 7.05 Å². The zero-order chi connectivity index (χ0) is 15.2. The Bertz CT molecular complexity index is 443. The molecule has 0 spiro atoms. The Morgan fingerprint density at radius 1 is 1.10 bits per heavy atom. The van der Waals surface area contributed by atoms with Crippen molar-refractivity contribution in [2.24, 2.45) is 0 Å². The average molecular weight is 293 g/mol. The number of nitrogens with zero attached hydrogens (tertiary/aromatic N) is 5. The molecular weight excluding hydrogens is 266 g/mol. The van der Waals surface area contributed by atoms with Gasteiger partial charge in [0.15, 0.2) is 0 Å². The first kappa shape index (κ1) is 15.8. The largest absolute Gasteiger partial charge is 0.357 e. The first-order chi connectivity index (χ1) is 10.2. The van der Waals surface area contributed by atoms with Crippen LogP contribution in [0.4, 0.5) is 17.8 Å².